The molecule has 1 fully saturated rings. The number of pyridine rings is 1. The number of hydrogen-bond donors (Lipinski definition) is 0. The van der Waals surface area contributed by atoms with Crippen molar-refractivity contribution in [2.24, 2.45) is 5.92 Å². The molecule has 1 amide bonds. The minimum atomic E-state index is -0.653. The van der Waals surface area contributed by atoms with Gasteiger partial charge in [0.2, 0.25) is 5.75 Å². The topological polar surface area (TPSA) is 113 Å². The fourth-order valence-corrected chi connectivity index (χ4v) is 4.63. The smallest absolute Gasteiger partial charge is 0.334 e. The molecule has 0 saturated carbocycles. The molecule has 1 aromatic carbocycles. The van der Waals surface area contributed by atoms with E-state index >= 15 is 0 Å². The molecule has 164 valence electrons. The number of amides is 1. The van der Waals surface area contributed by atoms with Crippen LogP contribution < -0.4 is 19.8 Å². The van der Waals surface area contributed by atoms with E-state index in [9.17, 15) is 19.7 Å². The molecule has 3 heterocycles. The van der Waals surface area contributed by atoms with Crippen molar-refractivity contribution in [1.82, 2.24) is 9.47 Å². The first kappa shape index (κ1) is 20.7. The fourth-order valence-electron chi connectivity index (χ4n) is 4.63. The summed E-state index contributed by atoms with van der Waals surface area (Å²) >= 11 is 0. The minimum absolute atomic E-state index is 0.0388. The average molecular weight is 429 g/mol. The second-order valence-corrected chi connectivity index (χ2v) is 7.74. The van der Waals surface area contributed by atoms with Crippen molar-refractivity contribution >= 4 is 11.6 Å². The van der Waals surface area contributed by atoms with Crippen molar-refractivity contribution in [1.29, 1.82) is 0 Å². The fraction of sp³-hybridized carbons (Fsp3) is 0.429. The van der Waals surface area contributed by atoms with E-state index in [4.69, 9.17) is 14.2 Å². The predicted octanol–water partition coefficient (Wildman–Crippen LogP) is 2.04. The molecule has 31 heavy (non-hydrogen) atoms. The van der Waals surface area contributed by atoms with Crippen LogP contribution >= 0.6 is 0 Å². The molecule has 1 saturated heterocycles. The summed E-state index contributed by atoms with van der Waals surface area (Å²) in [6.07, 6.45) is 0.830. The number of carbonyl (C=O) groups is 1. The van der Waals surface area contributed by atoms with Gasteiger partial charge in [-0.1, -0.05) is 0 Å². The van der Waals surface area contributed by atoms with Gasteiger partial charge in [0.1, 0.15) is 0 Å². The lowest BCUT2D eigenvalue weighted by atomic mass is 9.83. The summed E-state index contributed by atoms with van der Waals surface area (Å²) in [5.74, 6) is 1.00. The largest absolute Gasteiger partial charge is 0.493 e. The third-order valence-corrected chi connectivity index (χ3v) is 5.98. The zero-order valence-corrected chi connectivity index (χ0v) is 17.5. The molecule has 10 heteroatoms. The van der Waals surface area contributed by atoms with Crippen molar-refractivity contribution in [2.75, 3.05) is 34.4 Å². The Morgan fingerprint density at radius 3 is 2.32 bits per heavy atom. The Bertz CT molecular complexity index is 1090. The Balaban J connectivity index is 1.65. The molecule has 2 aliphatic heterocycles. The van der Waals surface area contributed by atoms with E-state index in [1.165, 1.54) is 32.0 Å². The number of nitro groups is 1. The number of nitrogens with zero attached hydrogens (tertiary/aromatic N) is 3. The van der Waals surface area contributed by atoms with Crippen molar-refractivity contribution in [3.05, 3.63) is 56.0 Å². The second kappa shape index (κ2) is 7.93. The van der Waals surface area contributed by atoms with Gasteiger partial charge in [-0.05, 0) is 30.5 Å². The van der Waals surface area contributed by atoms with Gasteiger partial charge in [0.05, 0.1) is 26.3 Å². The zero-order chi connectivity index (χ0) is 22.3. The number of ether oxygens (including phenoxy) is 3. The number of piperidine rings is 1. The number of fused-ring (bicyclic) bond motifs is 4. The van der Waals surface area contributed by atoms with E-state index in [0.29, 0.717) is 42.4 Å². The molecular weight excluding hydrogens is 406 g/mol. The van der Waals surface area contributed by atoms with Gasteiger partial charge in [-0.15, -0.1) is 0 Å². The number of rotatable bonds is 5. The Morgan fingerprint density at radius 2 is 1.74 bits per heavy atom. The van der Waals surface area contributed by atoms with Crippen LogP contribution in [0.5, 0.6) is 17.2 Å². The van der Waals surface area contributed by atoms with Gasteiger partial charge in [-0.25, -0.2) is 0 Å². The summed E-state index contributed by atoms with van der Waals surface area (Å²) in [6.45, 7) is 1.23. The lowest BCUT2D eigenvalue weighted by molar-refractivity contribution is -0.386. The quantitative estimate of drug-likeness (QED) is 0.528. The molecule has 1 aromatic heterocycles. The first-order chi connectivity index (χ1) is 14.9. The molecule has 10 nitrogen and oxygen atoms in total. The normalized spacial score (nSPS) is 19.4. The maximum atomic E-state index is 13.3. The van der Waals surface area contributed by atoms with Gasteiger partial charge in [0, 0.05) is 42.9 Å². The second-order valence-electron chi connectivity index (χ2n) is 7.74. The SMILES string of the molecule is COc1cc(C(=O)N2C[C@@H]3C[C@@H](C2)c2ccc([N+](=O)[O-])c(=O)n2C3)cc(OC)c1OC. The van der Waals surface area contributed by atoms with E-state index in [0.717, 1.165) is 12.1 Å². The Labute approximate surface area is 178 Å². The first-order valence-electron chi connectivity index (χ1n) is 9.85. The highest BCUT2D eigenvalue weighted by Crippen LogP contribution is 2.40. The van der Waals surface area contributed by atoms with Gasteiger partial charge in [-0.3, -0.25) is 19.7 Å². The van der Waals surface area contributed by atoms with E-state index < -0.39 is 16.2 Å². The van der Waals surface area contributed by atoms with Crippen molar-refractivity contribution < 1.29 is 23.9 Å². The number of hydrogen-bond acceptors (Lipinski definition) is 7. The highest BCUT2D eigenvalue weighted by Gasteiger charge is 2.38. The minimum Gasteiger partial charge on any atom is -0.493 e. The Kier molecular flexibility index (Phi) is 5.30. The highest BCUT2D eigenvalue weighted by atomic mass is 16.6. The molecule has 0 radical (unpaired) electrons. The molecular formula is C21H23N3O7. The maximum Gasteiger partial charge on any atom is 0.334 e. The first-order valence-corrected chi connectivity index (χ1v) is 9.85. The van der Waals surface area contributed by atoms with Crippen molar-refractivity contribution in [3.63, 3.8) is 0 Å². The van der Waals surface area contributed by atoms with E-state index in [2.05, 4.69) is 0 Å². The standard InChI is InChI=1S/C21H23N3O7/c1-29-17-7-13(8-18(30-2)19(17)31-3)20(25)22-9-12-6-14(11-22)15-4-5-16(24(27)28)21(26)23(15)10-12/h4-5,7-8,12,14H,6,9-11H2,1-3H3/t12-,14-/m0/s1. The third-order valence-electron chi connectivity index (χ3n) is 5.98. The van der Waals surface area contributed by atoms with Crippen LogP contribution in [-0.4, -0.2) is 54.7 Å². The molecule has 2 atom stereocenters. The van der Waals surface area contributed by atoms with Crippen LogP contribution in [0, 0.1) is 16.0 Å². The van der Waals surface area contributed by atoms with Crippen molar-refractivity contribution in [3.8, 4) is 17.2 Å². The molecule has 2 aliphatic rings. The summed E-state index contributed by atoms with van der Waals surface area (Å²) < 4.78 is 17.5. The summed E-state index contributed by atoms with van der Waals surface area (Å²) in [5.41, 5.74) is 0.139. The molecule has 2 bridgehead atoms. The molecule has 0 N–H and O–H groups in total. The number of benzene rings is 1. The lowest BCUT2D eigenvalue weighted by Gasteiger charge is -2.42. The van der Waals surface area contributed by atoms with Crippen LogP contribution in [0.2, 0.25) is 0 Å². The molecule has 4 rings (SSSR count). The van der Waals surface area contributed by atoms with Gasteiger partial charge in [0.15, 0.2) is 11.5 Å². The number of aromatic nitrogens is 1. The van der Waals surface area contributed by atoms with E-state index in [-0.39, 0.29) is 17.7 Å². The van der Waals surface area contributed by atoms with Crippen LogP contribution in [0.3, 0.4) is 0 Å². The van der Waals surface area contributed by atoms with Crippen LogP contribution in [-0.2, 0) is 6.54 Å². The van der Waals surface area contributed by atoms with Crippen LogP contribution in [0.1, 0.15) is 28.4 Å². The maximum absolute atomic E-state index is 13.3. The zero-order valence-electron chi connectivity index (χ0n) is 17.5. The van der Waals surface area contributed by atoms with Crippen LogP contribution in [0.25, 0.3) is 0 Å². The summed E-state index contributed by atoms with van der Waals surface area (Å²) in [5, 5.41) is 11.1. The van der Waals surface area contributed by atoms with Gasteiger partial charge >= 0.3 is 11.2 Å². The van der Waals surface area contributed by atoms with E-state index in [1.807, 2.05) is 0 Å². The Morgan fingerprint density at radius 1 is 1.06 bits per heavy atom. The average Bonchev–Trinajstić information content (AvgIpc) is 2.77. The number of methoxy groups -OCH3 is 3. The van der Waals surface area contributed by atoms with Crippen LogP contribution in [0.15, 0.2) is 29.1 Å². The summed E-state index contributed by atoms with van der Waals surface area (Å²) in [7, 11) is 4.48. The number of likely N-dealkylation sites (tertiary alicyclic amines) is 1. The highest BCUT2D eigenvalue weighted by molar-refractivity contribution is 5.95. The molecule has 2 aromatic rings. The van der Waals surface area contributed by atoms with E-state index in [1.54, 1.807) is 23.1 Å². The monoisotopic (exact) mass is 429 g/mol. The summed E-state index contributed by atoms with van der Waals surface area (Å²) in [4.78, 5) is 38.0. The molecule has 0 spiro atoms. The van der Waals surface area contributed by atoms with Gasteiger partial charge < -0.3 is 23.7 Å². The lowest BCUT2D eigenvalue weighted by Crippen LogP contribution is -2.49. The van der Waals surface area contributed by atoms with Crippen molar-refractivity contribution in [2.45, 2.75) is 18.9 Å². The summed E-state index contributed by atoms with van der Waals surface area (Å²) in [6, 6.07) is 6.13. The number of carbonyl (C=O) groups excluding carboxylic acids is 1. The van der Waals surface area contributed by atoms with Gasteiger partial charge in [0.25, 0.3) is 5.91 Å². The molecule has 0 unspecified atom stereocenters. The van der Waals surface area contributed by atoms with Gasteiger partial charge in [-0.2, -0.15) is 0 Å². The predicted molar refractivity (Wildman–Crippen MR) is 110 cm³/mol. The molecule has 0 aliphatic carbocycles. The third kappa shape index (κ3) is 3.47. The Hall–Kier alpha value is -3.56. The van der Waals surface area contributed by atoms with Crippen LogP contribution in [0.4, 0.5) is 5.69 Å².